The summed E-state index contributed by atoms with van der Waals surface area (Å²) < 4.78 is 1.11. The summed E-state index contributed by atoms with van der Waals surface area (Å²) in [6.45, 7) is 2.86. The normalized spacial score (nSPS) is 17.4. The number of hydrogen-bond donors (Lipinski definition) is 1. The molecule has 3 rings (SSSR count). The van der Waals surface area contributed by atoms with Crippen LogP contribution in [-0.2, 0) is 11.2 Å². The lowest BCUT2D eigenvalue weighted by Gasteiger charge is -2.19. The highest BCUT2D eigenvalue weighted by Crippen LogP contribution is 2.25. The lowest BCUT2D eigenvalue weighted by Crippen LogP contribution is -2.31. The number of rotatable bonds is 6. The molecular formula is C18H21BrN2OS. The quantitative estimate of drug-likeness (QED) is 0.802. The molecule has 0 spiro atoms. The maximum atomic E-state index is 12.0. The molecule has 0 bridgehead atoms. The molecule has 1 atom stereocenters. The highest BCUT2D eigenvalue weighted by atomic mass is 79.9. The fourth-order valence-corrected chi connectivity index (χ4v) is 4.04. The summed E-state index contributed by atoms with van der Waals surface area (Å²) in [5, 5.41) is 5.16. The van der Waals surface area contributed by atoms with E-state index in [1.807, 2.05) is 12.1 Å². The van der Waals surface area contributed by atoms with Crippen LogP contribution in [0.25, 0.3) is 0 Å². The Morgan fingerprint density at radius 3 is 3.04 bits per heavy atom. The number of hydrogen-bond acceptors (Lipinski definition) is 3. The topological polar surface area (TPSA) is 32.3 Å². The first-order valence-electron chi connectivity index (χ1n) is 8.00. The van der Waals surface area contributed by atoms with E-state index in [1.54, 1.807) is 11.3 Å². The molecule has 0 saturated carbocycles. The molecule has 1 N–H and O–H groups in total. The average molecular weight is 393 g/mol. The standard InChI is InChI=1S/C18H21BrN2OS/c19-15-3-1-4-16(11-15)21-9-8-14(13-21)12-20-18(22)7-6-17-5-2-10-23-17/h1-5,10-11,14H,6-9,12-13H2,(H,20,22). The number of carbonyl (C=O) groups is 1. The van der Waals surface area contributed by atoms with Gasteiger partial charge in [0.05, 0.1) is 0 Å². The lowest BCUT2D eigenvalue weighted by molar-refractivity contribution is -0.121. The van der Waals surface area contributed by atoms with E-state index in [4.69, 9.17) is 0 Å². The van der Waals surface area contributed by atoms with Gasteiger partial charge >= 0.3 is 0 Å². The second kappa shape index (κ2) is 7.97. The van der Waals surface area contributed by atoms with E-state index in [0.29, 0.717) is 12.3 Å². The van der Waals surface area contributed by atoms with Crippen molar-refractivity contribution in [1.82, 2.24) is 5.32 Å². The molecule has 1 aliphatic rings. The second-order valence-electron chi connectivity index (χ2n) is 5.96. The SMILES string of the molecule is O=C(CCc1cccs1)NCC1CCN(c2cccc(Br)c2)C1. The van der Waals surface area contributed by atoms with Gasteiger partial charge in [-0.2, -0.15) is 0 Å². The van der Waals surface area contributed by atoms with E-state index in [0.717, 1.165) is 36.9 Å². The molecule has 3 nitrogen and oxygen atoms in total. The van der Waals surface area contributed by atoms with Crippen LogP contribution in [0.1, 0.15) is 17.7 Å². The summed E-state index contributed by atoms with van der Waals surface area (Å²) in [6.07, 6.45) is 2.57. The number of anilines is 1. The lowest BCUT2D eigenvalue weighted by atomic mass is 10.1. The van der Waals surface area contributed by atoms with E-state index >= 15 is 0 Å². The van der Waals surface area contributed by atoms with Gasteiger partial charge in [-0.25, -0.2) is 0 Å². The third-order valence-electron chi connectivity index (χ3n) is 4.23. The molecule has 2 aromatic rings. The molecule has 1 aliphatic heterocycles. The minimum Gasteiger partial charge on any atom is -0.371 e. The summed E-state index contributed by atoms with van der Waals surface area (Å²) in [5.74, 6) is 0.707. The smallest absolute Gasteiger partial charge is 0.220 e. The Kier molecular flexibility index (Phi) is 5.73. The number of thiophene rings is 1. The fraction of sp³-hybridized carbons (Fsp3) is 0.389. The Balaban J connectivity index is 1.40. The minimum absolute atomic E-state index is 0.166. The maximum Gasteiger partial charge on any atom is 0.220 e. The fourth-order valence-electron chi connectivity index (χ4n) is 2.94. The molecule has 23 heavy (non-hydrogen) atoms. The van der Waals surface area contributed by atoms with Crippen LogP contribution in [0.5, 0.6) is 0 Å². The predicted octanol–water partition coefficient (Wildman–Crippen LogP) is 4.09. The van der Waals surface area contributed by atoms with E-state index in [9.17, 15) is 4.79 Å². The van der Waals surface area contributed by atoms with Crippen molar-refractivity contribution >= 4 is 38.9 Å². The van der Waals surface area contributed by atoms with Gasteiger partial charge in [0.15, 0.2) is 0 Å². The molecule has 0 aliphatic carbocycles. The van der Waals surface area contributed by atoms with E-state index in [-0.39, 0.29) is 5.91 Å². The van der Waals surface area contributed by atoms with Crippen molar-refractivity contribution < 1.29 is 4.79 Å². The average Bonchev–Trinajstić information content (AvgIpc) is 3.22. The van der Waals surface area contributed by atoms with Gasteiger partial charge in [-0.3, -0.25) is 4.79 Å². The summed E-state index contributed by atoms with van der Waals surface area (Å²) in [7, 11) is 0. The van der Waals surface area contributed by atoms with Crippen LogP contribution in [-0.4, -0.2) is 25.5 Å². The molecular weight excluding hydrogens is 372 g/mol. The number of benzene rings is 1. The van der Waals surface area contributed by atoms with Crippen LogP contribution in [0.2, 0.25) is 0 Å². The summed E-state index contributed by atoms with van der Waals surface area (Å²) >= 11 is 5.24. The molecule has 5 heteroatoms. The second-order valence-corrected chi connectivity index (χ2v) is 7.91. The van der Waals surface area contributed by atoms with Crippen LogP contribution < -0.4 is 10.2 Å². The van der Waals surface area contributed by atoms with Crippen LogP contribution in [0, 0.1) is 5.92 Å². The number of nitrogens with one attached hydrogen (secondary N) is 1. The maximum absolute atomic E-state index is 12.0. The van der Waals surface area contributed by atoms with Gasteiger partial charge in [-0.15, -0.1) is 11.3 Å². The number of nitrogens with zero attached hydrogens (tertiary/aromatic N) is 1. The van der Waals surface area contributed by atoms with Crippen molar-refractivity contribution in [3.8, 4) is 0 Å². The molecule has 1 aromatic carbocycles. The summed E-state index contributed by atoms with van der Waals surface area (Å²) in [6, 6.07) is 12.5. The molecule has 0 radical (unpaired) electrons. The van der Waals surface area contributed by atoms with Crippen LogP contribution in [0.4, 0.5) is 5.69 Å². The Morgan fingerprint density at radius 2 is 2.26 bits per heavy atom. The Bertz CT molecular complexity index is 644. The van der Waals surface area contributed by atoms with Gasteiger partial charge < -0.3 is 10.2 Å². The van der Waals surface area contributed by atoms with Crippen molar-refractivity contribution in [1.29, 1.82) is 0 Å². The van der Waals surface area contributed by atoms with E-state index in [1.165, 1.54) is 10.6 Å². The molecule has 1 saturated heterocycles. The monoisotopic (exact) mass is 392 g/mol. The minimum atomic E-state index is 0.166. The van der Waals surface area contributed by atoms with Crippen LogP contribution in [0.3, 0.4) is 0 Å². The van der Waals surface area contributed by atoms with Gasteiger partial charge in [-0.1, -0.05) is 28.1 Å². The molecule has 1 amide bonds. The van der Waals surface area contributed by atoms with E-state index < -0.39 is 0 Å². The van der Waals surface area contributed by atoms with Gasteiger partial charge in [0.1, 0.15) is 0 Å². The van der Waals surface area contributed by atoms with Gasteiger partial charge in [0.25, 0.3) is 0 Å². The largest absolute Gasteiger partial charge is 0.371 e. The van der Waals surface area contributed by atoms with Gasteiger partial charge in [0, 0.05) is 41.1 Å². The Labute approximate surface area is 149 Å². The molecule has 1 fully saturated rings. The van der Waals surface area contributed by atoms with Crippen molar-refractivity contribution in [2.24, 2.45) is 5.92 Å². The Hall–Kier alpha value is -1.33. The van der Waals surface area contributed by atoms with Gasteiger partial charge in [0.2, 0.25) is 5.91 Å². The number of aryl methyl sites for hydroxylation is 1. The third kappa shape index (κ3) is 4.82. The first-order valence-corrected chi connectivity index (χ1v) is 9.67. The van der Waals surface area contributed by atoms with Crippen molar-refractivity contribution in [3.63, 3.8) is 0 Å². The third-order valence-corrected chi connectivity index (χ3v) is 5.66. The molecule has 1 unspecified atom stereocenters. The van der Waals surface area contributed by atoms with Crippen molar-refractivity contribution in [2.75, 3.05) is 24.5 Å². The number of carbonyl (C=O) groups excluding carboxylic acids is 1. The molecule has 2 heterocycles. The predicted molar refractivity (Wildman–Crippen MR) is 100 cm³/mol. The summed E-state index contributed by atoms with van der Waals surface area (Å²) in [5.41, 5.74) is 1.26. The first kappa shape index (κ1) is 16.5. The highest BCUT2D eigenvalue weighted by molar-refractivity contribution is 9.10. The van der Waals surface area contributed by atoms with Gasteiger partial charge in [-0.05, 0) is 48.4 Å². The molecule has 1 aromatic heterocycles. The zero-order chi connectivity index (χ0) is 16.1. The highest BCUT2D eigenvalue weighted by Gasteiger charge is 2.23. The Morgan fingerprint density at radius 1 is 1.35 bits per heavy atom. The summed E-state index contributed by atoms with van der Waals surface area (Å²) in [4.78, 5) is 15.6. The molecule has 122 valence electrons. The van der Waals surface area contributed by atoms with Crippen LogP contribution >= 0.6 is 27.3 Å². The van der Waals surface area contributed by atoms with E-state index in [2.05, 4.69) is 55.8 Å². The van der Waals surface area contributed by atoms with Crippen molar-refractivity contribution in [3.05, 3.63) is 51.1 Å². The number of halogens is 1. The zero-order valence-electron chi connectivity index (χ0n) is 13.0. The first-order chi connectivity index (χ1) is 11.2. The van der Waals surface area contributed by atoms with Crippen LogP contribution in [0.15, 0.2) is 46.3 Å². The zero-order valence-corrected chi connectivity index (χ0v) is 15.4. The van der Waals surface area contributed by atoms with Crippen molar-refractivity contribution in [2.45, 2.75) is 19.3 Å². The number of amides is 1.